The summed E-state index contributed by atoms with van der Waals surface area (Å²) in [6.07, 6.45) is -0.630. The predicted molar refractivity (Wildman–Crippen MR) is 135 cm³/mol. The van der Waals surface area contributed by atoms with Gasteiger partial charge in [0, 0.05) is 12.0 Å². The molecule has 0 aliphatic rings. The molecule has 7 nitrogen and oxygen atoms in total. The first-order chi connectivity index (χ1) is 16.3. The Bertz CT molecular complexity index is 1020. The minimum atomic E-state index is -1.03. The maximum absolute atomic E-state index is 13.4. The molecule has 0 aromatic heterocycles. The van der Waals surface area contributed by atoms with Gasteiger partial charge in [0.2, 0.25) is 0 Å². The summed E-state index contributed by atoms with van der Waals surface area (Å²) in [4.78, 5) is 25.0. The van der Waals surface area contributed by atoms with Crippen LogP contribution in [-0.4, -0.2) is 41.3 Å². The van der Waals surface area contributed by atoms with Gasteiger partial charge in [0.25, 0.3) is 0 Å². The van der Waals surface area contributed by atoms with E-state index < -0.39 is 5.97 Å². The molecule has 2 aromatic carbocycles. The Morgan fingerprint density at radius 1 is 0.657 bits per heavy atom. The lowest BCUT2D eigenvalue weighted by Gasteiger charge is -2.20. The molecule has 0 aliphatic carbocycles. The summed E-state index contributed by atoms with van der Waals surface area (Å²) in [5, 5.41) is 9.46. The molecule has 0 unspecified atom stereocenters. The number of rotatable bonds is 13. The Balaban J connectivity index is 2.48. The summed E-state index contributed by atoms with van der Waals surface area (Å²) in [7, 11) is 0. The van der Waals surface area contributed by atoms with Crippen LogP contribution in [0.3, 0.4) is 0 Å². The van der Waals surface area contributed by atoms with Gasteiger partial charge in [-0.3, -0.25) is 9.59 Å². The van der Waals surface area contributed by atoms with Gasteiger partial charge in [-0.2, -0.15) is 0 Å². The molecule has 192 valence electrons. The van der Waals surface area contributed by atoms with Crippen LogP contribution >= 0.6 is 0 Å². The van der Waals surface area contributed by atoms with Crippen molar-refractivity contribution in [3.05, 3.63) is 47.0 Å². The molecule has 1 N–H and O–H groups in total. The first-order valence-electron chi connectivity index (χ1n) is 12.1. The van der Waals surface area contributed by atoms with Crippen molar-refractivity contribution in [2.75, 3.05) is 0 Å². The average molecular weight is 487 g/mol. The van der Waals surface area contributed by atoms with Crippen LogP contribution in [0.25, 0.3) is 0 Å². The van der Waals surface area contributed by atoms with Gasteiger partial charge in [-0.15, -0.1) is 0 Å². The number of carboxylic acids is 1. The van der Waals surface area contributed by atoms with Crippen molar-refractivity contribution < 1.29 is 33.6 Å². The number of carbonyl (C=O) groups is 2. The molecule has 0 fully saturated rings. The molecule has 2 aromatic rings. The van der Waals surface area contributed by atoms with Crippen LogP contribution in [0.4, 0.5) is 0 Å². The van der Waals surface area contributed by atoms with Gasteiger partial charge >= 0.3 is 5.97 Å². The zero-order chi connectivity index (χ0) is 26.3. The number of ether oxygens (including phenoxy) is 4. The van der Waals surface area contributed by atoms with E-state index in [1.165, 1.54) is 0 Å². The number of carbonyl (C=O) groups excluding carboxylic acids is 1. The zero-order valence-electron chi connectivity index (χ0n) is 22.0. The molecule has 0 spiro atoms. The third-order valence-electron chi connectivity index (χ3n) is 4.64. The maximum Gasteiger partial charge on any atom is 0.307 e. The van der Waals surface area contributed by atoms with Gasteiger partial charge < -0.3 is 24.1 Å². The van der Waals surface area contributed by atoms with Crippen LogP contribution in [0.2, 0.25) is 0 Å². The molecule has 2 rings (SSSR count). The van der Waals surface area contributed by atoms with Gasteiger partial charge in [-0.1, -0.05) is 6.07 Å². The lowest BCUT2D eigenvalue weighted by Crippen LogP contribution is -2.15. The lowest BCUT2D eigenvalue weighted by atomic mass is 9.95. The van der Waals surface area contributed by atoms with E-state index in [0.29, 0.717) is 34.1 Å². The third-order valence-corrected chi connectivity index (χ3v) is 4.64. The first kappa shape index (κ1) is 28.0. The van der Waals surface area contributed by atoms with E-state index in [1.54, 1.807) is 24.3 Å². The van der Waals surface area contributed by atoms with E-state index in [2.05, 4.69) is 0 Å². The molecule has 0 aliphatic heterocycles. The maximum atomic E-state index is 13.4. The highest BCUT2D eigenvalue weighted by atomic mass is 16.5. The van der Waals surface area contributed by atoms with Crippen molar-refractivity contribution in [3.63, 3.8) is 0 Å². The Morgan fingerprint density at radius 3 is 1.60 bits per heavy atom. The van der Waals surface area contributed by atoms with Gasteiger partial charge in [-0.25, -0.2) is 0 Å². The molecule has 35 heavy (non-hydrogen) atoms. The van der Waals surface area contributed by atoms with Crippen LogP contribution in [-0.2, 0) is 17.6 Å². The van der Waals surface area contributed by atoms with Crippen molar-refractivity contribution in [1.82, 2.24) is 0 Å². The largest absolute Gasteiger partial charge is 0.487 e. The molecule has 7 heteroatoms. The second-order valence-electron chi connectivity index (χ2n) is 9.57. The van der Waals surface area contributed by atoms with E-state index in [-0.39, 0.29) is 43.0 Å². The molecule has 0 amide bonds. The molecule has 0 heterocycles. The predicted octanol–water partition coefficient (Wildman–Crippen LogP) is 5.89. The second kappa shape index (κ2) is 12.5. The molecule has 0 radical (unpaired) electrons. The smallest absolute Gasteiger partial charge is 0.307 e. The SMILES string of the molecule is CC(C)Oc1ccc(CC(=O)c2cc(OC(C)C)c(OC(C)C)cc2CC(=O)O)cc1OC(C)C. The number of benzene rings is 2. The second-order valence-corrected chi connectivity index (χ2v) is 9.57. The summed E-state index contributed by atoms with van der Waals surface area (Å²) < 4.78 is 23.5. The van der Waals surface area contributed by atoms with E-state index in [0.717, 1.165) is 5.56 Å². The molecule has 0 saturated heterocycles. The molecular formula is C28H38O7. The van der Waals surface area contributed by atoms with Crippen LogP contribution in [0.1, 0.15) is 76.9 Å². The van der Waals surface area contributed by atoms with E-state index >= 15 is 0 Å². The van der Waals surface area contributed by atoms with Crippen LogP contribution in [0, 0.1) is 0 Å². The normalized spacial score (nSPS) is 11.3. The standard InChI is InChI=1S/C28H38O7/c1-16(2)32-24-10-9-20(12-25(24)33-17(3)4)11-23(29)22-15-27(35-19(7)8)26(34-18(5)6)13-21(22)14-28(30)31/h9-10,12-13,15-19H,11,14H2,1-8H3,(H,30,31). The van der Waals surface area contributed by atoms with E-state index in [4.69, 9.17) is 18.9 Å². The number of hydrogen-bond acceptors (Lipinski definition) is 6. The number of Topliss-reactive ketones (excluding diaryl/α,β-unsaturated/α-hetero) is 1. The minimum Gasteiger partial charge on any atom is -0.487 e. The van der Waals surface area contributed by atoms with Gasteiger partial charge in [-0.05, 0) is 90.8 Å². The van der Waals surface area contributed by atoms with Crippen molar-refractivity contribution in [1.29, 1.82) is 0 Å². The van der Waals surface area contributed by atoms with Gasteiger partial charge in [0.05, 0.1) is 30.8 Å². The van der Waals surface area contributed by atoms with E-state index in [9.17, 15) is 14.7 Å². The van der Waals surface area contributed by atoms with Crippen LogP contribution in [0.5, 0.6) is 23.0 Å². The Hall–Kier alpha value is -3.22. The average Bonchev–Trinajstić information content (AvgIpc) is 2.69. The molecular weight excluding hydrogens is 448 g/mol. The fourth-order valence-electron chi connectivity index (χ4n) is 3.50. The molecule has 0 atom stereocenters. The van der Waals surface area contributed by atoms with Crippen molar-refractivity contribution >= 4 is 11.8 Å². The fraction of sp³-hybridized carbons (Fsp3) is 0.500. The Kier molecular flexibility index (Phi) is 9.99. The quantitative estimate of drug-likeness (QED) is 0.353. The van der Waals surface area contributed by atoms with Crippen LogP contribution < -0.4 is 18.9 Å². The molecule has 0 bridgehead atoms. The summed E-state index contributed by atoms with van der Waals surface area (Å²) >= 11 is 0. The van der Waals surface area contributed by atoms with Gasteiger partial charge in [0.15, 0.2) is 28.8 Å². The number of ketones is 1. The zero-order valence-corrected chi connectivity index (χ0v) is 22.0. The van der Waals surface area contributed by atoms with Crippen molar-refractivity contribution in [2.45, 2.75) is 92.6 Å². The topological polar surface area (TPSA) is 91.3 Å². The highest BCUT2D eigenvalue weighted by Crippen LogP contribution is 2.35. The highest BCUT2D eigenvalue weighted by molar-refractivity contribution is 6.00. The first-order valence-corrected chi connectivity index (χ1v) is 12.1. The summed E-state index contributed by atoms with van der Waals surface area (Å²) in [6.45, 7) is 15.2. The van der Waals surface area contributed by atoms with Crippen molar-refractivity contribution in [2.24, 2.45) is 0 Å². The van der Waals surface area contributed by atoms with Crippen molar-refractivity contribution in [3.8, 4) is 23.0 Å². The monoisotopic (exact) mass is 486 g/mol. The molecule has 0 saturated carbocycles. The number of hydrogen-bond donors (Lipinski definition) is 1. The minimum absolute atomic E-state index is 0.0264. The van der Waals surface area contributed by atoms with Crippen LogP contribution in [0.15, 0.2) is 30.3 Å². The van der Waals surface area contributed by atoms with Gasteiger partial charge in [0.1, 0.15) is 0 Å². The summed E-state index contributed by atoms with van der Waals surface area (Å²) in [6, 6.07) is 8.62. The number of aliphatic carboxylic acids is 1. The summed E-state index contributed by atoms with van der Waals surface area (Å²) in [5.74, 6) is 0.752. The third kappa shape index (κ3) is 8.81. The highest BCUT2D eigenvalue weighted by Gasteiger charge is 2.21. The lowest BCUT2D eigenvalue weighted by molar-refractivity contribution is -0.136. The Morgan fingerprint density at radius 2 is 1.11 bits per heavy atom. The summed E-state index contributed by atoms with van der Waals surface area (Å²) in [5.41, 5.74) is 1.41. The number of carboxylic acid groups (broad SMARTS) is 1. The fourth-order valence-corrected chi connectivity index (χ4v) is 3.50. The van der Waals surface area contributed by atoms with E-state index in [1.807, 2.05) is 61.5 Å². The Labute approximate surface area is 208 Å².